The molecular weight excluding hydrogens is 469 g/mol. The number of amides is 2. The summed E-state index contributed by atoms with van der Waals surface area (Å²) >= 11 is 0. The number of β-amino-alcohol motifs (C(OH)–C–C–N with tert-alkyl or cyclic N) is 1. The lowest BCUT2D eigenvalue weighted by Crippen LogP contribution is -2.67. The van der Waals surface area contributed by atoms with Crippen molar-refractivity contribution in [1.29, 1.82) is 0 Å². The lowest BCUT2D eigenvalue weighted by molar-refractivity contribution is -0.201. The molecule has 2 aliphatic rings. The molecule has 1 fully saturated rings. The molecule has 35 heavy (non-hydrogen) atoms. The van der Waals surface area contributed by atoms with Gasteiger partial charge in [-0.05, 0) is 29.2 Å². The smallest absolute Gasteiger partial charge is 0.420 e. The van der Waals surface area contributed by atoms with Crippen molar-refractivity contribution < 1.29 is 42.5 Å². The van der Waals surface area contributed by atoms with Crippen LogP contribution in [0.5, 0.6) is 0 Å². The van der Waals surface area contributed by atoms with Gasteiger partial charge in [0.15, 0.2) is 0 Å². The molecule has 3 atom stereocenters. The van der Waals surface area contributed by atoms with E-state index in [1.807, 2.05) is 36.4 Å². The van der Waals surface area contributed by atoms with Crippen molar-refractivity contribution in [2.24, 2.45) is 0 Å². The number of fused-ring (bicyclic) bond motifs is 3. The van der Waals surface area contributed by atoms with Crippen molar-refractivity contribution in [2.75, 3.05) is 13.2 Å². The number of hydrogen-bond donors (Lipinski definition) is 3. The first-order valence-corrected chi connectivity index (χ1v) is 10.9. The van der Waals surface area contributed by atoms with Gasteiger partial charge in [-0.2, -0.15) is 13.2 Å². The number of hydrogen-bond acceptors (Lipinski definition) is 5. The number of carboxylic acids is 1. The van der Waals surface area contributed by atoms with Gasteiger partial charge in [0.25, 0.3) is 5.91 Å². The number of carboxylic acid groups (broad SMARTS) is 1. The average Bonchev–Trinajstić information content (AvgIpc) is 3.34. The first-order valence-electron chi connectivity index (χ1n) is 10.9. The maximum absolute atomic E-state index is 14.0. The standard InChI is InChI=1S/C24H23F3N2O6/c1-23(24(25,26)27,21(33)29-11-13(30)10-19(29)20(31)32)28-22(34)35-12-18-16-8-4-2-6-14(16)15-7-3-5-9-17(15)18/h2-9,13,18-19,30H,10-12H2,1H3,(H,28,34)(H,31,32). The Morgan fingerprint density at radius 2 is 1.60 bits per heavy atom. The summed E-state index contributed by atoms with van der Waals surface area (Å²) in [6, 6.07) is 13.2. The summed E-state index contributed by atoms with van der Waals surface area (Å²) in [5, 5.41) is 20.6. The summed E-state index contributed by atoms with van der Waals surface area (Å²) in [5.74, 6) is -3.66. The summed E-state index contributed by atoms with van der Waals surface area (Å²) in [6.45, 7) is -0.434. The number of carbonyl (C=O) groups is 3. The van der Waals surface area contributed by atoms with E-state index in [4.69, 9.17) is 4.74 Å². The number of aliphatic hydroxyl groups is 1. The van der Waals surface area contributed by atoms with E-state index in [9.17, 15) is 37.8 Å². The zero-order valence-electron chi connectivity index (χ0n) is 18.6. The molecule has 1 saturated heterocycles. The second-order valence-electron chi connectivity index (χ2n) is 8.77. The van der Waals surface area contributed by atoms with Gasteiger partial charge in [0.05, 0.1) is 6.10 Å². The first kappa shape index (κ1) is 24.5. The van der Waals surface area contributed by atoms with Crippen LogP contribution in [0.2, 0.25) is 0 Å². The van der Waals surface area contributed by atoms with Crippen LogP contribution in [0.15, 0.2) is 48.5 Å². The summed E-state index contributed by atoms with van der Waals surface area (Å²) < 4.78 is 47.2. The number of aliphatic carboxylic acids is 1. The average molecular weight is 492 g/mol. The van der Waals surface area contributed by atoms with E-state index >= 15 is 0 Å². The van der Waals surface area contributed by atoms with Crippen LogP contribution in [-0.2, 0) is 14.3 Å². The SMILES string of the molecule is CC(NC(=O)OCC1c2ccccc2-c2ccccc21)(C(=O)N1CC(O)CC1C(=O)O)C(F)(F)F. The zero-order valence-corrected chi connectivity index (χ0v) is 18.6. The van der Waals surface area contributed by atoms with Crippen molar-refractivity contribution in [2.45, 2.75) is 43.1 Å². The minimum Gasteiger partial charge on any atom is -0.480 e. The fourth-order valence-corrected chi connectivity index (χ4v) is 4.64. The number of alkyl halides is 3. The highest BCUT2D eigenvalue weighted by atomic mass is 19.4. The zero-order chi connectivity index (χ0) is 25.5. The monoisotopic (exact) mass is 492 g/mol. The molecule has 1 heterocycles. The molecule has 2 aromatic carbocycles. The van der Waals surface area contributed by atoms with Crippen LogP contribution in [0.4, 0.5) is 18.0 Å². The predicted octanol–water partition coefficient (Wildman–Crippen LogP) is 2.89. The third-order valence-corrected chi connectivity index (χ3v) is 6.52. The molecule has 0 bridgehead atoms. The normalized spacial score (nSPS) is 21.1. The van der Waals surface area contributed by atoms with E-state index in [-0.39, 0.29) is 6.61 Å². The minimum atomic E-state index is -5.27. The molecule has 1 aliphatic heterocycles. The summed E-state index contributed by atoms with van der Waals surface area (Å²) in [7, 11) is 0. The van der Waals surface area contributed by atoms with Crippen molar-refractivity contribution >= 4 is 18.0 Å². The fourth-order valence-electron chi connectivity index (χ4n) is 4.64. The lowest BCUT2D eigenvalue weighted by Gasteiger charge is -2.35. The number of benzene rings is 2. The van der Waals surface area contributed by atoms with E-state index < -0.39 is 60.7 Å². The Bertz CT molecular complexity index is 1120. The summed E-state index contributed by atoms with van der Waals surface area (Å²) in [4.78, 5) is 37.2. The van der Waals surface area contributed by atoms with Gasteiger partial charge < -0.3 is 19.8 Å². The highest BCUT2D eigenvalue weighted by molar-refractivity contribution is 5.93. The first-order chi connectivity index (χ1) is 16.4. The molecule has 2 amide bonds. The van der Waals surface area contributed by atoms with Crippen molar-refractivity contribution in [3.8, 4) is 11.1 Å². The number of rotatable bonds is 5. The molecule has 0 spiro atoms. The van der Waals surface area contributed by atoms with Gasteiger partial charge >= 0.3 is 18.2 Å². The number of likely N-dealkylation sites (tertiary alicyclic amines) is 1. The van der Waals surface area contributed by atoms with Gasteiger partial charge in [0.1, 0.15) is 12.6 Å². The Hall–Kier alpha value is -3.60. The number of nitrogens with zero attached hydrogens (tertiary/aromatic N) is 1. The lowest BCUT2D eigenvalue weighted by atomic mass is 9.98. The van der Waals surface area contributed by atoms with Gasteiger partial charge in [-0.3, -0.25) is 10.1 Å². The molecule has 0 aromatic heterocycles. The Morgan fingerprint density at radius 1 is 1.06 bits per heavy atom. The van der Waals surface area contributed by atoms with Gasteiger partial charge in [-0.25, -0.2) is 9.59 Å². The molecule has 1 aliphatic carbocycles. The van der Waals surface area contributed by atoms with Crippen LogP contribution in [0, 0.1) is 0 Å². The maximum atomic E-state index is 14.0. The molecule has 4 rings (SSSR count). The van der Waals surface area contributed by atoms with Crippen LogP contribution >= 0.6 is 0 Å². The Morgan fingerprint density at radius 3 is 2.11 bits per heavy atom. The van der Waals surface area contributed by atoms with Crippen LogP contribution in [0.25, 0.3) is 11.1 Å². The van der Waals surface area contributed by atoms with Crippen LogP contribution in [0.1, 0.15) is 30.4 Å². The van der Waals surface area contributed by atoms with Gasteiger partial charge in [-0.1, -0.05) is 48.5 Å². The number of alkyl carbamates (subject to hydrolysis) is 1. The Labute approximate surface area is 198 Å². The Kier molecular flexibility index (Phi) is 6.22. The quantitative estimate of drug-likeness (QED) is 0.591. The summed E-state index contributed by atoms with van der Waals surface area (Å²) in [6.07, 6.45) is -8.47. The number of ether oxygens (including phenoxy) is 1. The topological polar surface area (TPSA) is 116 Å². The molecule has 8 nitrogen and oxygen atoms in total. The van der Waals surface area contributed by atoms with Crippen LogP contribution in [-0.4, -0.2) is 70.1 Å². The second-order valence-corrected chi connectivity index (χ2v) is 8.77. The molecule has 3 unspecified atom stereocenters. The maximum Gasteiger partial charge on any atom is 0.420 e. The Balaban J connectivity index is 1.52. The van der Waals surface area contributed by atoms with Gasteiger partial charge in [0, 0.05) is 18.9 Å². The van der Waals surface area contributed by atoms with E-state index in [2.05, 4.69) is 0 Å². The molecule has 2 aromatic rings. The van der Waals surface area contributed by atoms with E-state index in [0.717, 1.165) is 22.3 Å². The molecular formula is C24H23F3N2O6. The molecule has 0 radical (unpaired) electrons. The molecule has 186 valence electrons. The second kappa shape index (κ2) is 8.88. The van der Waals surface area contributed by atoms with Gasteiger partial charge in [-0.15, -0.1) is 0 Å². The van der Waals surface area contributed by atoms with E-state index in [0.29, 0.717) is 11.8 Å². The van der Waals surface area contributed by atoms with E-state index in [1.165, 1.54) is 0 Å². The number of halogens is 3. The van der Waals surface area contributed by atoms with Crippen LogP contribution < -0.4 is 5.32 Å². The number of nitrogens with one attached hydrogen (secondary N) is 1. The fraction of sp³-hybridized carbons (Fsp3) is 0.375. The molecule has 11 heteroatoms. The third kappa shape index (κ3) is 4.31. The third-order valence-electron chi connectivity index (χ3n) is 6.52. The highest BCUT2D eigenvalue weighted by Gasteiger charge is 2.61. The van der Waals surface area contributed by atoms with Crippen molar-refractivity contribution in [3.05, 3.63) is 59.7 Å². The predicted molar refractivity (Wildman–Crippen MR) is 116 cm³/mol. The number of aliphatic hydroxyl groups excluding tert-OH is 1. The highest BCUT2D eigenvalue weighted by Crippen LogP contribution is 2.44. The van der Waals surface area contributed by atoms with Crippen molar-refractivity contribution in [3.63, 3.8) is 0 Å². The number of carbonyl (C=O) groups excluding carboxylic acids is 2. The van der Waals surface area contributed by atoms with Crippen molar-refractivity contribution in [1.82, 2.24) is 10.2 Å². The van der Waals surface area contributed by atoms with Crippen LogP contribution in [0.3, 0.4) is 0 Å². The largest absolute Gasteiger partial charge is 0.480 e. The molecule has 3 N–H and O–H groups in total. The molecule has 0 saturated carbocycles. The van der Waals surface area contributed by atoms with E-state index in [1.54, 1.807) is 17.4 Å². The minimum absolute atomic E-state index is 0.276. The van der Waals surface area contributed by atoms with Gasteiger partial charge in [0.2, 0.25) is 5.54 Å². The summed E-state index contributed by atoms with van der Waals surface area (Å²) in [5.41, 5.74) is 0.102.